The third kappa shape index (κ3) is 4.17. The van der Waals surface area contributed by atoms with Crippen LogP contribution in [0.15, 0.2) is 53.8 Å². The van der Waals surface area contributed by atoms with Gasteiger partial charge in [0.05, 0.1) is 10.3 Å². The van der Waals surface area contributed by atoms with Gasteiger partial charge in [0.1, 0.15) is 17.0 Å². The van der Waals surface area contributed by atoms with Crippen LogP contribution >= 0.6 is 11.3 Å². The number of hydrogen-bond donors (Lipinski definition) is 2. The number of aromatic nitrogens is 4. The number of nitrogens with one attached hydrogen (secondary N) is 2. The Balaban J connectivity index is 1.56. The molecule has 0 saturated carbocycles. The fourth-order valence-electron chi connectivity index (χ4n) is 2.71. The molecule has 2 N–H and O–H groups in total. The van der Waals surface area contributed by atoms with Gasteiger partial charge in [0.2, 0.25) is 5.95 Å². The molecule has 0 saturated heterocycles. The Morgan fingerprint density at radius 2 is 1.86 bits per heavy atom. The number of rotatable bonds is 6. The van der Waals surface area contributed by atoms with Gasteiger partial charge in [-0.05, 0) is 49.7 Å². The molecule has 8 nitrogen and oxygen atoms in total. The van der Waals surface area contributed by atoms with Crippen LogP contribution in [-0.2, 0) is 16.4 Å². The summed E-state index contributed by atoms with van der Waals surface area (Å²) >= 11 is 1.64. The fourth-order valence-corrected chi connectivity index (χ4v) is 4.60. The lowest BCUT2D eigenvalue weighted by molar-refractivity contribution is 0.601. The number of fused-ring (bicyclic) bond motifs is 1. The molecule has 0 amide bonds. The second-order valence-corrected chi connectivity index (χ2v) is 9.08. The molecule has 1 aromatic carbocycles. The maximum Gasteiger partial charge on any atom is 0.264 e. The fraction of sp³-hybridized carbons (Fsp3) is 0.158. The Kier molecular flexibility index (Phi) is 5.12. The smallest absolute Gasteiger partial charge is 0.264 e. The molecular formula is C19H18N6O2S2. The van der Waals surface area contributed by atoms with Crippen LogP contribution < -0.4 is 10.0 Å². The first kappa shape index (κ1) is 19.2. The highest BCUT2D eigenvalue weighted by Crippen LogP contribution is 2.30. The van der Waals surface area contributed by atoms with Crippen LogP contribution in [0.3, 0.4) is 0 Å². The zero-order valence-corrected chi connectivity index (χ0v) is 17.4. The lowest BCUT2D eigenvalue weighted by atomic mass is 10.3. The summed E-state index contributed by atoms with van der Waals surface area (Å²) in [5.41, 5.74) is 1.40. The van der Waals surface area contributed by atoms with Gasteiger partial charge in [-0.1, -0.05) is 6.92 Å². The zero-order chi connectivity index (χ0) is 20.4. The summed E-state index contributed by atoms with van der Waals surface area (Å²) in [6, 6.07) is 10.2. The molecule has 148 valence electrons. The van der Waals surface area contributed by atoms with Crippen LogP contribution in [0.2, 0.25) is 0 Å². The maximum absolute atomic E-state index is 12.6. The van der Waals surface area contributed by atoms with Crippen LogP contribution in [0.4, 0.5) is 17.5 Å². The third-order valence-electron chi connectivity index (χ3n) is 4.18. The molecule has 3 heterocycles. The van der Waals surface area contributed by atoms with Gasteiger partial charge in [0.25, 0.3) is 10.0 Å². The van der Waals surface area contributed by atoms with Gasteiger partial charge in [-0.2, -0.15) is 0 Å². The highest BCUT2D eigenvalue weighted by molar-refractivity contribution is 7.92. The van der Waals surface area contributed by atoms with Crippen molar-refractivity contribution in [1.29, 1.82) is 0 Å². The van der Waals surface area contributed by atoms with E-state index in [4.69, 9.17) is 0 Å². The number of thiophene rings is 1. The number of anilines is 3. The van der Waals surface area contributed by atoms with Crippen molar-refractivity contribution < 1.29 is 8.42 Å². The quantitative estimate of drug-likeness (QED) is 0.481. The second-order valence-electron chi connectivity index (χ2n) is 6.28. The molecular weight excluding hydrogens is 408 g/mol. The molecule has 10 heteroatoms. The summed E-state index contributed by atoms with van der Waals surface area (Å²) in [5.74, 6) is 0.729. The Morgan fingerprint density at radius 1 is 1.07 bits per heavy atom. The number of sulfonamides is 1. The lowest BCUT2D eigenvalue weighted by Gasteiger charge is -2.09. The summed E-state index contributed by atoms with van der Waals surface area (Å²) in [5, 5.41) is 4.18. The zero-order valence-electron chi connectivity index (χ0n) is 15.7. The highest BCUT2D eigenvalue weighted by Gasteiger charge is 2.16. The molecule has 4 rings (SSSR count). The summed E-state index contributed by atoms with van der Waals surface area (Å²) in [4.78, 5) is 18.9. The molecule has 0 aliphatic carbocycles. The Hall–Kier alpha value is -3.11. The number of aryl methyl sites for hydroxylation is 2. The van der Waals surface area contributed by atoms with Crippen molar-refractivity contribution in [3.05, 3.63) is 59.5 Å². The van der Waals surface area contributed by atoms with Crippen molar-refractivity contribution in [2.24, 2.45) is 0 Å². The van der Waals surface area contributed by atoms with Crippen LogP contribution in [0.25, 0.3) is 10.2 Å². The molecule has 29 heavy (non-hydrogen) atoms. The third-order valence-corrected chi connectivity index (χ3v) is 6.71. The van der Waals surface area contributed by atoms with E-state index >= 15 is 0 Å². The van der Waals surface area contributed by atoms with Gasteiger partial charge in [-0.15, -0.1) is 11.3 Å². The molecule has 0 aliphatic heterocycles. The van der Waals surface area contributed by atoms with Gasteiger partial charge >= 0.3 is 0 Å². The first-order valence-electron chi connectivity index (χ1n) is 8.87. The second kappa shape index (κ2) is 7.72. The number of hydrogen-bond acceptors (Lipinski definition) is 8. The van der Waals surface area contributed by atoms with E-state index in [1.165, 1.54) is 29.5 Å². The normalized spacial score (nSPS) is 11.5. The minimum Gasteiger partial charge on any atom is -0.340 e. The van der Waals surface area contributed by atoms with Crippen molar-refractivity contribution in [2.75, 3.05) is 10.0 Å². The van der Waals surface area contributed by atoms with Crippen molar-refractivity contribution in [2.45, 2.75) is 25.2 Å². The summed E-state index contributed by atoms with van der Waals surface area (Å²) in [6.07, 6.45) is 3.96. The van der Waals surface area contributed by atoms with Crippen LogP contribution in [0.1, 0.15) is 17.5 Å². The first-order valence-corrected chi connectivity index (χ1v) is 11.2. The van der Waals surface area contributed by atoms with Gasteiger partial charge < -0.3 is 5.32 Å². The highest BCUT2D eigenvalue weighted by atomic mass is 32.2. The Labute approximate surface area is 172 Å². The van der Waals surface area contributed by atoms with Crippen LogP contribution in [-0.4, -0.2) is 28.4 Å². The molecule has 0 radical (unpaired) electrons. The Morgan fingerprint density at radius 3 is 2.59 bits per heavy atom. The molecule has 0 bridgehead atoms. The standard InChI is InChI=1S/C19H18N6O2S2/c1-3-14-10-16-17(21-11-22-18(16)28-14)24-13-4-6-15(7-5-13)29(26,27)25-19-20-9-8-12(2)23-19/h4-11H,3H2,1-2H3,(H,20,23,25)(H,21,22,24). The van der Waals surface area contributed by atoms with Crippen LogP contribution in [0, 0.1) is 6.92 Å². The minimum absolute atomic E-state index is 0.0414. The van der Waals surface area contributed by atoms with Gasteiger partial charge in [0.15, 0.2) is 0 Å². The first-order chi connectivity index (χ1) is 13.9. The van der Waals surface area contributed by atoms with E-state index in [0.29, 0.717) is 11.5 Å². The predicted molar refractivity (Wildman–Crippen MR) is 114 cm³/mol. The van der Waals surface area contributed by atoms with E-state index in [2.05, 4.69) is 43.0 Å². The van der Waals surface area contributed by atoms with E-state index < -0.39 is 10.0 Å². The van der Waals surface area contributed by atoms with Crippen molar-refractivity contribution in [1.82, 2.24) is 19.9 Å². The molecule has 3 aromatic heterocycles. The van der Waals surface area contributed by atoms with Gasteiger partial charge in [0, 0.05) is 22.5 Å². The average molecular weight is 427 g/mol. The lowest BCUT2D eigenvalue weighted by Crippen LogP contribution is -2.15. The summed E-state index contributed by atoms with van der Waals surface area (Å²) in [7, 11) is -3.78. The van der Waals surface area contributed by atoms with E-state index in [1.807, 2.05) is 0 Å². The molecule has 0 atom stereocenters. The molecule has 0 spiro atoms. The molecule has 4 aromatic rings. The van der Waals surface area contributed by atoms with E-state index in [0.717, 1.165) is 22.3 Å². The number of nitrogens with zero attached hydrogens (tertiary/aromatic N) is 4. The van der Waals surface area contributed by atoms with E-state index in [1.54, 1.807) is 36.5 Å². The largest absolute Gasteiger partial charge is 0.340 e. The molecule has 0 fully saturated rings. The summed E-state index contributed by atoms with van der Waals surface area (Å²) in [6.45, 7) is 3.86. The minimum atomic E-state index is -3.78. The monoisotopic (exact) mass is 426 g/mol. The number of benzene rings is 1. The molecule has 0 unspecified atom stereocenters. The predicted octanol–water partition coefficient (Wildman–Crippen LogP) is 3.90. The average Bonchev–Trinajstić information content (AvgIpc) is 3.13. The topological polar surface area (TPSA) is 110 Å². The Bertz CT molecular complexity index is 1270. The SMILES string of the molecule is CCc1cc2c(Nc3ccc(S(=O)(=O)Nc4nccc(C)n4)cc3)ncnc2s1. The van der Waals surface area contributed by atoms with Crippen molar-refractivity contribution in [3.8, 4) is 0 Å². The van der Waals surface area contributed by atoms with Crippen molar-refractivity contribution >= 4 is 49.0 Å². The van der Waals surface area contributed by atoms with Crippen molar-refractivity contribution in [3.63, 3.8) is 0 Å². The van der Waals surface area contributed by atoms with E-state index in [9.17, 15) is 8.42 Å². The van der Waals surface area contributed by atoms with E-state index in [-0.39, 0.29) is 10.8 Å². The van der Waals surface area contributed by atoms with Crippen LogP contribution in [0.5, 0.6) is 0 Å². The summed E-state index contributed by atoms with van der Waals surface area (Å²) < 4.78 is 27.5. The van der Waals surface area contributed by atoms with Gasteiger partial charge in [-0.25, -0.2) is 33.1 Å². The maximum atomic E-state index is 12.6. The molecule has 0 aliphatic rings. The van der Waals surface area contributed by atoms with Gasteiger partial charge in [-0.3, -0.25) is 0 Å².